The summed E-state index contributed by atoms with van der Waals surface area (Å²) >= 11 is 3.49. The molecule has 1 N–H and O–H groups in total. The van der Waals surface area contributed by atoms with E-state index in [1.54, 1.807) is 0 Å². The predicted molar refractivity (Wildman–Crippen MR) is 73.8 cm³/mol. The number of nitrogens with zero attached hydrogens (tertiary/aromatic N) is 1. The van der Waals surface area contributed by atoms with E-state index in [1.165, 1.54) is 19.3 Å². The van der Waals surface area contributed by atoms with Gasteiger partial charge >= 0.3 is 0 Å². The summed E-state index contributed by atoms with van der Waals surface area (Å²) in [5, 5.41) is 12.2. The van der Waals surface area contributed by atoms with E-state index in [1.807, 2.05) is 18.2 Å². The molecule has 0 saturated heterocycles. The Morgan fingerprint density at radius 1 is 1.41 bits per heavy atom. The molecule has 0 aromatic heterocycles. The Morgan fingerprint density at radius 3 is 2.94 bits per heavy atom. The van der Waals surface area contributed by atoms with E-state index in [4.69, 9.17) is 5.26 Å². The van der Waals surface area contributed by atoms with Crippen molar-refractivity contribution in [3.05, 3.63) is 40.4 Å². The molecule has 0 spiro atoms. The van der Waals surface area contributed by atoms with Gasteiger partial charge in [0.2, 0.25) is 0 Å². The summed E-state index contributed by atoms with van der Waals surface area (Å²) in [6, 6.07) is 7.78. The molecule has 1 aliphatic rings. The van der Waals surface area contributed by atoms with Gasteiger partial charge in [-0.15, -0.1) is 0 Å². The topological polar surface area (TPSA) is 35.8 Å². The number of benzene rings is 1. The summed E-state index contributed by atoms with van der Waals surface area (Å²) in [6.45, 7) is 0.995. The highest BCUT2D eigenvalue weighted by atomic mass is 79.9. The van der Waals surface area contributed by atoms with Crippen LogP contribution < -0.4 is 5.32 Å². The zero-order valence-electron chi connectivity index (χ0n) is 9.62. The molecule has 0 heterocycles. The number of halogens is 1. The molecule has 1 aromatic carbocycles. The van der Waals surface area contributed by atoms with Gasteiger partial charge in [0.25, 0.3) is 0 Å². The lowest BCUT2D eigenvalue weighted by molar-refractivity contribution is 0.504. The number of hydrogen-bond acceptors (Lipinski definition) is 2. The smallest absolute Gasteiger partial charge is 0.0992 e. The first-order valence-corrected chi connectivity index (χ1v) is 6.67. The Balaban J connectivity index is 1.95. The van der Waals surface area contributed by atoms with E-state index in [0.717, 1.165) is 22.6 Å². The second kappa shape index (κ2) is 5.88. The van der Waals surface area contributed by atoms with Gasteiger partial charge in [0, 0.05) is 16.7 Å². The lowest BCUT2D eigenvalue weighted by Crippen LogP contribution is -2.15. The molecule has 0 fully saturated rings. The zero-order valence-corrected chi connectivity index (χ0v) is 11.2. The third kappa shape index (κ3) is 3.34. The molecule has 3 heteroatoms. The van der Waals surface area contributed by atoms with Gasteiger partial charge in [-0.05, 0) is 59.3 Å². The first-order chi connectivity index (χ1) is 8.29. The molecule has 1 aliphatic carbocycles. The van der Waals surface area contributed by atoms with Gasteiger partial charge < -0.3 is 5.32 Å². The summed E-state index contributed by atoms with van der Waals surface area (Å²) < 4.78 is 0.961. The van der Waals surface area contributed by atoms with Crippen molar-refractivity contribution in [2.75, 3.05) is 11.9 Å². The van der Waals surface area contributed by atoms with Gasteiger partial charge in [-0.1, -0.05) is 12.2 Å². The molecule has 88 valence electrons. The Bertz CT molecular complexity index is 460. The van der Waals surface area contributed by atoms with Crippen molar-refractivity contribution < 1.29 is 0 Å². The highest BCUT2D eigenvalue weighted by Gasteiger charge is 2.10. The van der Waals surface area contributed by atoms with Gasteiger partial charge in [-0.25, -0.2) is 0 Å². The van der Waals surface area contributed by atoms with Crippen molar-refractivity contribution in [2.45, 2.75) is 19.3 Å². The van der Waals surface area contributed by atoms with Crippen LogP contribution in [0.25, 0.3) is 0 Å². The summed E-state index contributed by atoms with van der Waals surface area (Å²) in [6.07, 6.45) is 8.15. The molecule has 0 amide bonds. The van der Waals surface area contributed by atoms with Crippen LogP contribution in [0.5, 0.6) is 0 Å². The average molecular weight is 291 g/mol. The van der Waals surface area contributed by atoms with Crippen molar-refractivity contribution in [1.29, 1.82) is 5.26 Å². The Hall–Kier alpha value is -1.27. The SMILES string of the molecule is N#Cc1ccc(NCC2CC=CCC2)c(Br)c1. The van der Waals surface area contributed by atoms with E-state index < -0.39 is 0 Å². The van der Waals surface area contributed by atoms with Crippen LogP contribution in [0.2, 0.25) is 0 Å². The maximum Gasteiger partial charge on any atom is 0.0992 e. The number of allylic oxidation sites excluding steroid dienone is 2. The molecule has 1 unspecified atom stereocenters. The molecule has 1 atom stereocenters. The second-order valence-electron chi connectivity index (χ2n) is 4.34. The number of nitrogens with one attached hydrogen (secondary N) is 1. The van der Waals surface area contributed by atoms with Crippen molar-refractivity contribution in [1.82, 2.24) is 0 Å². The van der Waals surface area contributed by atoms with Crippen LogP contribution in [-0.4, -0.2) is 6.54 Å². The maximum atomic E-state index is 8.79. The van der Waals surface area contributed by atoms with Crippen LogP contribution in [0.3, 0.4) is 0 Å². The molecular formula is C14H15BrN2. The van der Waals surface area contributed by atoms with Gasteiger partial charge in [0.1, 0.15) is 0 Å². The standard InChI is InChI=1S/C14H15BrN2/c15-13-8-12(9-16)6-7-14(13)17-10-11-4-2-1-3-5-11/h1-2,6-8,11,17H,3-5,10H2. The van der Waals surface area contributed by atoms with Crippen LogP contribution in [0.15, 0.2) is 34.8 Å². The molecule has 0 bridgehead atoms. The van der Waals surface area contributed by atoms with Crippen LogP contribution in [-0.2, 0) is 0 Å². The Kier molecular flexibility index (Phi) is 4.22. The maximum absolute atomic E-state index is 8.79. The van der Waals surface area contributed by atoms with Crippen molar-refractivity contribution in [3.63, 3.8) is 0 Å². The highest BCUT2D eigenvalue weighted by molar-refractivity contribution is 9.10. The minimum absolute atomic E-state index is 0.683. The van der Waals surface area contributed by atoms with Crippen molar-refractivity contribution in [3.8, 4) is 6.07 Å². The van der Waals surface area contributed by atoms with E-state index in [-0.39, 0.29) is 0 Å². The van der Waals surface area contributed by atoms with Crippen molar-refractivity contribution >= 4 is 21.6 Å². The van der Waals surface area contributed by atoms with Crippen LogP contribution >= 0.6 is 15.9 Å². The number of nitriles is 1. The third-order valence-electron chi connectivity index (χ3n) is 3.06. The summed E-state index contributed by atoms with van der Waals surface area (Å²) in [5.74, 6) is 0.725. The fourth-order valence-corrected chi connectivity index (χ4v) is 2.54. The molecule has 0 saturated carbocycles. The van der Waals surface area contributed by atoms with Gasteiger partial charge in [-0.2, -0.15) is 5.26 Å². The largest absolute Gasteiger partial charge is 0.384 e. The molecular weight excluding hydrogens is 276 g/mol. The van der Waals surface area contributed by atoms with Gasteiger partial charge in [0.05, 0.1) is 11.6 Å². The fraction of sp³-hybridized carbons (Fsp3) is 0.357. The molecule has 0 aliphatic heterocycles. The minimum atomic E-state index is 0.683. The first kappa shape index (κ1) is 12.2. The lowest BCUT2D eigenvalue weighted by Gasteiger charge is -2.19. The quantitative estimate of drug-likeness (QED) is 0.851. The normalized spacial score (nSPS) is 18.7. The molecule has 0 radical (unpaired) electrons. The van der Waals surface area contributed by atoms with Gasteiger partial charge in [-0.3, -0.25) is 0 Å². The predicted octanol–water partition coefficient (Wildman–Crippen LogP) is 4.09. The Morgan fingerprint density at radius 2 is 2.29 bits per heavy atom. The molecule has 17 heavy (non-hydrogen) atoms. The van der Waals surface area contributed by atoms with E-state index >= 15 is 0 Å². The number of hydrogen-bond donors (Lipinski definition) is 1. The summed E-state index contributed by atoms with van der Waals surface area (Å²) in [7, 11) is 0. The number of anilines is 1. The minimum Gasteiger partial charge on any atom is -0.384 e. The monoisotopic (exact) mass is 290 g/mol. The molecule has 2 nitrogen and oxygen atoms in total. The second-order valence-corrected chi connectivity index (χ2v) is 5.19. The first-order valence-electron chi connectivity index (χ1n) is 5.88. The van der Waals surface area contributed by atoms with E-state index in [0.29, 0.717) is 5.56 Å². The van der Waals surface area contributed by atoms with Gasteiger partial charge in [0.15, 0.2) is 0 Å². The summed E-state index contributed by atoms with van der Waals surface area (Å²) in [5.41, 5.74) is 1.75. The zero-order chi connectivity index (χ0) is 12.1. The number of rotatable bonds is 3. The fourth-order valence-electron chi connectivity index (χ4n) is 2.02. The highest BCUT2D eigenvalue weighted by Crippen LogP contribution is 2.25. The average Bonchev–Trinajstić information content (AvgIpc) is 2.38. The van der Waals surface area contributed by atoms with E-state index in [9.17, 15) is 0 Å². The van der Waals surface area contributed by atoms with Crippen LogP contribution in [0.1, 0.15) is 24.8 Å². The van der Waals surface area contributed by atoms with Crippen molar-refractivity contribution in [2.24, 2.45) is 5.92 Å². The summed E-state index contributed by atoms with van der Waals surface area (Å²) in [4.78, 5) is 0. The van der Waals surface area contributed by atoms with E-state index in [2.05, 4.69) is 39.5 Å². The van der Waals surface area contributed by atoms with Crippen LogP contribution in [0, 0.1) is 17.2 Å². The van der Waals surface area contributed by atoms with Crippen LogP contribution in [0.4, 0.5) is 5.69 Å². The lowest BCUT2D eigenvalue weighted by atomic mass is 9.94. The Labute approximate surface area is 110 Å². The third-order valence-corrected chi connectivity index (χ3v) is 3.71. The molecule has 2 rings (SSSR count). The molecule has 1 aromatic rings.